The number of amides is 1. The molecule has 2 aliphatic rings. The monoisotopic (exact) mass is 290 g/mol. The van der Waals surface area contributed by atoms with Crippen molar-refractivity contribution in [2.45, 2.75) is 51.2 Å². The fourth-order valence-corrected chi connectivity index (χ4v) is 3.02. The first-order valence-electron chi connectivity index (χ1n) is 7.63. The smallest absolute Gasteiger partial charge is 0.274 e. The van der Waals surface area contributed by atoms with Crippen LogP contribution < -0.4 is 10.9 Å². The molecule has 1 N–H and O–H groups in total. The minimum absolute atomic E-state index is 0.114. The van der Waals surface area contributed by atoms with Crippen LogP contribution in [0.5, 0.6) is 0 Å². The van der Waals surface area contributed by atoms with Gasteiger partial charge in [-0.25, -0.2) is 0 Å². The van der Waals surface area contributed by atoms with Crippen LogP contribution in [-0.4, -0.2) is 23.7 Å². The van der Waals surface area contributed by atoms with E-state index in [0.717, 1.165) is 18.4 Å². The molecular weight excluding hydrogens is 268 g/mol. The lowest BCUT2D eigenvalue weighted by atomic mass is 9.81. The molecule has 2 atom stereocenters. The number of ether oxygens (including phenoxy) is 1. The lowest BCUT2D eigenvalue weighted by Gasteiger charge is -2.35. The van der Waals surface area contributed by atoms with Crippen LogP contribution in [0.25, 0.3) is 0 Å². The highest BCUT2D eigenvalue weighted by Crippen LogP contribution is 2.40. The predicted octanol–water partition coefficient (Wildman–Crippen LogP) is 2.11. The molecule has 0 bridgehead atoms. The number of methoxy groups -OCH3 is 1. The maximum atomic E-state index is 12.5. The first-order valence-corrected chi connectivity index (χ1v) is 7.63. The van der Waals surface area contributed by atoms with Crippen LogP contribution in [-0.2, 0) is 16.1 Å². The zero-order valence-corrected chi connectivity index (χ0v) is 12.6. The Morgan fingerprint density at radius 2 is 2.14 bits per heavy atom. The standard InChI is InChI=1S/C16H22N2O3/c1-10(19)17-14-7-13(11-3-4-11)9-18(16(14)20)8-12-5-6-15(12)21-2/h7,9,11-12,15H,3-6,8H2,1-2H3,(H,17,19). The van der Waals surface area contributed by atoms with Gasteiger partial charge in [-0.15, -0.1) is 0 Å². The maximum absolute atomic E-state index is 12.5. The maximum Gasteiger partial charge on any atom is 0.274 e. The summed E-state index contributed by atoms with van der Waals surface area (Å²) in [6.45, 7) is 2.10. The van der Waals surface area contributed by atoms with Crippen LogP contribution in [0.1, 0.15) is 44.1 Å². The van der Waals surface area contributed by atoms with E-state index in [2.05, 4.69) is 5.32 Å². The molecule has 2 fully saturated rings. The lowest BCUT2D eigenvalue weighted by Crippen LogP contribution is -2.39. The Labute approximate surface area is 124 Å². The third kappa shape index (κ3) is 3.02. The third-order valence-corrected chi connectivity index (χ3v) is 4.55. The highest BCUT2D eigenvalue weighted by molar-refractivity contribution is 5.88. The number of carbonyl (C=O) groups is 1. The van der Waals surface area contributed by atoms with E-state index in [-0.39, 0.29) is 17.6 Å². The van der Waals surface area contributed by atoms with Gasteiger partial charge in [-0.05, 0) is 43.2 Å². The molecule has 2 unspecified atom stereocenters. The van der Waals surface area contributed by atoms with E-state index >= 15 is 0 Å². The largest absolute Gasteiger partial charge is 0.381 e. The van der Waals surface area contributed by atoms with Gasteiger partial charge in [-0.1, -0.05) is 0 Å². The first-order chi connectivity index (χ1) is 10.1. The van der Waals surface area contributed by atoms with Crippen molar-refractivity contribution in [2.75, 3.05) is 12.4 Å². The number of rotatable bonds is 5. The number of pyridine rings is 1. The molecule has 21 heavy (non-hydrogen) atoms. The van der Waals surface area contributed by atoms with Crippen molar-refractivity contribution < 1.29 is 9.53 Å². The van der Waals surface area contributed by atoms with Crippen molar-refractivity contribution >= 4 is 11.6 Å². The zero-order valence-electron chi connectivity index (χ0n) is 12.6. The fraction of sp³-hybridized carbons (Fsp3) is 0.625. The van der Waals surface area contributed by atoms with E-state index in [1.54, 1.807) is 11.7 Å². The topological polar surface area (TPSA) is 60.3 Å². The van der Waals surface area contributed by atoms with Crippen LogP contribution in [0.4, 0.5) is 5.69 Å². The average molecular weight is 290 g/mol. The molecule has 5 heteroatoms. The molecule has 0 radical (unpaired) electrons. The van der Waals surface area contributed by atoms with Crippen molar-refractivity contribution in [2.24, 2.45) is 5.92 Å². The first kappa shape index (κ1) is 14.3. The van der Waals surface area contributed by atoms with Gasteiger partial charge in [-0.3, -0.25) is 9.59 Å². The Balaban J connectivity index is 1.88. The Morgan fingerprint density at radius 1 is 1.38 bits per heavy atom. The molecule has 0 spiro atoms. The van der Waals surface area contributed by atoms with E-state index < -0.39 is 0 Å². The summed E-state index contributed by atoms with van der Waals surface area (Å²) in [6.07, 6.45) is 6.72. The molecule has 2 saturated carbocycles. The summed E-state index contributed by atoms with van der Waals surface area (Å²) in [5.41, 5.74) is 1.45. The zero-order chi connectivity index (χ0) is 15.0. The average Bonchev–Trinajstić information content (AvgIpc) is 3.22. The fourth-order valence-electron chi connectivity index (χ4n) is 3.02. The van der Waals surface area contributed by atoms with Gasteiger partial charge in [-0.2, -0.15) is 0 Å². The summed E-state index contributed by atoms with van der Waals surface area (Å²) < 4.78 is 7.17. The number of hydrogen-bond donors (Lipinski definition) is 1. The number of nitrogens with one attached hydrogen (secondary N) is 1. The van der Waals surface area contributed by atoms with Gasteiger partial charge in [0, 0.05) is 32.7 Å². The predicted molar refractivity (Wildman–Crippen MR) is 80.5 cm³/mol. The number of aromatic nitrogens is 1. The molecule has 3 rings (SSSR count). The molecule has 1 aromatic heterocycles. The number of carbonyl (C=O) groups excluding carboxylic acids is 1. The molecule has 1 heterocycles. The van der Waals surface area contributed by atoms with Crippen molar-refractivity contribution in [3.8, 4) is 0 Å². The van der Waals surface area contributed by atoms with Crippen LogP contribution >= 0.6 is 0 Å². The van der Waals surface area contributed by atoms with Crippen LogP contribution in [0.2, 0.25) is 0 Å². The van der Waals surface area contributed by atoms with Crippen LogP contribution in [0, 0.1) is 5.92 Å². The van der Waals surface area contributed by atoms with Gasteiger partial charge < -0.3 is 14.6 Å². The Kier molecular flexibility index (Phi) is 3.85. The van der Waals surface area contributed by atoms with Gasteiger partial charge in [0.1, 0.15) is 5.69 Å². The SMILES string of the molecule is COC1CCC1Cn1cc(C2CC2)cc(NC(C)=O)c1=O. The summed E-state index contributed by atoms with van der Waals surface area (Å²) in [7, 11) is 1.73. The highest BCUT2D eigenvalue weighted by atomic mass is 16.5. The summed E-state index contributed by atoms with van der Waals surface area (Å²) in [5, 5.41) is 2.67. The minimum Gasteiger partial charge on any atom is -0.381 e. The van der Waals surface area contributed by atoms with Crippen molar-refractivity contribution in [3.63, 3.8) is 0 Å². The van der Waals surface area contributed by atoms with Crippen LogP contribution in [0.3, 0.4) is 0 Å². The second-order valence-electron chi connectivity index (χ2n) is 6.21. The van der Waals surface area contributed by atoms with Crippen molar-refractivity contribution in [1.82, 2.24) is 4.57 Å². The Hall–Kier alpha value is -1.62. The molecule has 0 saturated heterocycles. The van der Waals surface area contributed by atoms with Gasteiger partial charge in [0.05, 0.1) is 6.10 Å². The molecule has 114 valence electrons. The number of hydrogen-bond acceptors (Lipinski definition) is 3. The van der Waals surface area contributed by atoms with Gasteiger partial charge in [0.2, 0.25) is 5.91 Å². The molecule has 1 amide bonds. The normalized spacial score (nSPS) is 24.5. The molecule has 5 nitrogen and oxygen atoms in total. The quantitative estimate of drug-likeness (QED) is 0.903. The number of anilines is 1. The lowest BCUT2D eigenvalue weighted by molar-refractivity contribution is -0.114. The summed E-state index contributed by atoms with van der Waals surface area (Å²) >= 11 is 0. The van der Waals surface area contributed by atoms with E-state index in [9.17, 15) is 9.59 Å². The number of nitrogens with zero attached hydrogens (tertiary/aromatic N) is 1. The summed E-state index contributed by atoms with van der Waals surface area (Å²) in [4.78, 5) is 23.8. The van der Waals surface area contributed by atoms with Crippen molar-refractivity contribution in [3.05, 3.63) is 28.2 Å². The summed E-state index contributed by atoms with van der Waals surface area (Å²) in [6, 6.07) is 1.84. The van der Waals surface area contributed by atoms with E-state index in [0.29, 0.717) is 24.1 Å². The van der Waals surface area contributed by atoms with Crippen molar-refractivity contribution in [1.29, 1.82) is 0 Å². The molecule has 0 aromatic carbocycles. The molecule has 1 aromatic rings. The highest BCUT2D eigenvalue weighted by Gasteiger charge is 2.32. The molecular formula is C16H22N2O3. The molecule has 0 aliphatic heterocycles. The van der Waals surface area contributed by atoms with E-state index in [1.807, 2.05) is 12.3 Å². The Bertz CT molecular complexity index is 602. The van der Waals surface area contributed by atoms with Gasteiger partial charge >= 0.3 is 0 Å². The molecule has 2 aliphatic carbocycles. The van der Waals surface area contributed by atoms with Crippen LogP contribution in [0.15, 0.2) is 17.1 Å². The minimum atomic E-state index is -0.204. The van der Waals surface area contributed by atoms with Gasteiger partial charge in [0.15, 0.2) is 0 Å². The second-order valence-corrected chi connectivity index (χ2v) is 6.21. The van der Waals surface area contributed by atoms with Gasteiger partial charge in [0.25, 0.3) is 5.56 Å². The van der Waals surface area contributed by atoms with E-state index in [4.69, 9.17) is 4.74 Å². The Morgan fingerprint density at radius 3 is 2.67 bits per heavy atom. The second kappa shape index (κ2) is 5.64. The third-order valence-electron chi connectivity index (χ3n) is 4.55. The van der Waals surface area contributed by atoms with E-state index in [1.165, 1.54) is 19.8 Å². The summed E-state index contributed by atoms with van der Waals surface area (Å²) in [5.74, 6) is 0.737.